The van der Waals surface area contributed by atoms with Crippen LogP contribution in [0.4, 0.5) is 4.39 Å². The molecule has 14 heavy (non-hydrogen) atoms. The fraction of sp³-hybridized carbons (Fsp3) is 0.364. The van der Waals surface area contributed by atoms with E-state index in [1.165, 1.54) is 0 Å². The van der Waals surface area contributed by atoms with E-state index < -0.39 is 6.36 Å². The first-order chi connectivity index (χ1) is 6.76. The van der Waals surface area contributed by atoms with Gasteiger partial charge in [-0.05, 0) is 17.7 Å². The summed E-state index contributed by atoms with van der Waals surface area (Å²) >= 11 is 0. The summed E-state index contributed by atoms with van der Waals surface area (Å²) in [6.07, 6.45) is 0.287. The van der Waals surface area contributed by atoms with E-state index in [9.17, 15) is 9.18 Å². The Morgan fingerprint density at radius 2 is 2.07 bits per heavy atom. The topological polar surface area (TPSA) is 26.3 Å². The summed E-state index contributed by atoms with van der Waals surface area (Å²) < 4.78 is 17.7. The first-order valence-corrected chi connectivity index (χ1v) is 4.59. The van der Waals surface area contributed by atoms with Crippen LogP contribution in [0, 0.1) is 0 Å². The molecule has 0 radical (unpaired) electrons. The van der Waals surface area contributed by atoms with Crippen molar-refractivity contribution in [1.29, 1.82) is 0 Å². The molecule has 0 bridgehead atoms. The van der Waals surface area contributed by atoms with Crippen molar-refractivity contribution in [2.75, 3.05) is 0 Å². The van der Waals surface area contributed by atoms with Crippen molar-refractivity contribution in [3.05, 3.63) is 29.8 Å². The zero-order chi connectivity index (χ0) is 10.4. The highest BCUT2D eigenvalue weighted by Gasteiger charge is 2.03. The maximum atomic E-state index is 12.8. The van der Waals surface area contributed by atoms with E-state index >= 15 is 0 Å². The maximum absolute atomic E-state index is 12.8. The predicted molar refractivity (Wildman–Crippen MR) is 52.0 cm³/mol. The van der Waals surface area contributed by atoms with Crippen LogP contribution in [0.25, 0.3) is 0 Å². The Morgan fingerprint density at radius 3 is 2.57 bits per heavy atom. The molecule has 76 valence electrons. The number of rotatable bonds is 5. The molecule has 3 heteroatoms. The molecular weight excluding hydrogens is 183 g/mol. The van der Waals surface area contributed by atoms with Gasteiger partial charge in [-0.15, -0.1) is 0 Å². The highest BCUT2D eigenvalue weighted by molar-refractivity contribution is 5.55. The van der Waals surface area contributed by atoms with E-state index in [4.69, 9.17) is 4.74 Å². The van der Waals surface area contributed by atoms with Gasteiger partial charge in [0, 0.05) is 12.8 Å². The molecule has 0 heterocycles. The molecular formula is C11H13FO2. The van der Waals surface area contributed by atoms with E-state index in [1.54, 1.807) is 31.2 Å². The number of carbonyl (C=O) groups is 1. The van der Waals surface area contributed by atoms with Crippen LogP contribution in [0.1, 0.15) is 18.9 Å². The van der Waals surface area contributed by atoms with E-state index in [0.29, 0.717) is 18.6 Å². The maximum Gasteiger partial charge on any atom is 0.238 e. The number of carbonyl (C=O) groups excluding carboxylic acids is 1. The summed E-state index contributed by atoms with van der Waals surface area (Å²) in [7, 11) is 0. The lowest BCUT2D eigenvalue weighted by molar-refractivity contribution is -0.107. The third-order valence-electron chi connectivity index (χ3n) is 1.83. The number of alkyl halides is 1. The molecule has 0 aromatic heterocycles. The average molecular weight is 196 g/mol. The quantitative estimate of drug-likeness (QED) is 0.676. The molecule has 1 atom stereocenters. The lowest BCUT2D eigenvalue weighted by Gasteiger charge is -2.09. The number of hydrogen-bond acceptors (Lipinski definition) is 2. The van der Waals surface area contributed by atoms with Crippen LogP contribution in [0.5, 0.6) is 5.75 Å². The van der Waals surface area contributed by atoms with Gasteiger partial charge in [-0.1, -0.05) is 19.1 Å². The Kier molecular flexibility index (Phi) is 4.11. The van der Waals surface area contributed by atoms with Gasteiger partial charge in [0.2, 0.25) is 6.36 Å². The van der Waals surface area contributed by atoms with Gasteiger partial charge in [-0.3, -0.25) is 0 Å². The molecule has 0 N–H and O–H groups in total. The smallest absolute Gasteiger partial charge is 0.238 e. The van der Waals surface area contributed by atoms with Gasteiger partial charge in [-0.25, -0.2) is 4.39 Å². The zero-order valence-electron chi connectivity index (χ0n) is 8.07. The van der Waals surface area contributed by atoms with Gasteiger partial charge in [-0.2, -0.15) is 0 Å². The lowest BCUT2D eigenvalue weighted by atomic mass is 10.2. The second-order valence-electron chi connectivity index (χ2n) is 2.95. The van der Waals surface area contributed by atoms with Gasteiger partial charge in [0.1, 0.15) is 12.0 Å². The van der Waals surface area contributed by atoms with Crippen molar-refractivity contribution in [2.24, 2.45) is 0 Å². The number of halogens is 1. The largest absolute Gasteiger partial charge is 0.460 e. The summed E-state index contributed by atoms with van der Waals surface area (Å²) in [5.74, 6) is 0.494. The van der Waals surface area contributed by atoms with E-state index in [2.05, 4.69) is 0 Å². The summed E-state index contributed by atoms with van der Waals surface area (Å²) in [5, 5.41) is 0. The molecule has 0 fully saturated rings. The third-order valence-corrected chi connectivity index (χ3v) is 1.83. The van der Waals surface area contributed by atoms with Crippen LogP contribution < -0.4 is 4.74 Å². The monoisotopic (exact) mass is 196 g/mol. The second-order valence-corrected chi connectivity index (χ2v) is 2.95. The Hall–Kier alpha value is -1.38. The Bertz CT molecular complexity index is 282. The first kappa shape index (κ1) is 10.7. The minimum Gasteiger partial charge on any atom is -0.460 e. The van der Waals surface area contributed by atoms with Crippen molar-refractivity contribution >= 4 is 6.29 Å². The fourth-order valence-corrected chi connectivity index (χ4v) is 1.03. The third kappa shape index (κ3) is 3.17. The van der Waals surface area contributed by atoms with Crippen LogP contribution in [-0.4, -0.2) is 12.6 Å². The molecule has 1 aromatic carbocycles. The predicted octanol–water partition coefficient (Wildman–Crippen LogP) is 2.51. The van der Waals surface area contributed by atoms with Crippen molar-refractivity contribution < 1.29 is 13.9 Å². The Balaban J connectivity index is 2.59. The van der Waals surface area contributed by atoms with Crippen LogP contribution in [0.3, 0.4) is 0 Å². The molecule has 0 spiro atoms. The fourth-order valence-electron chi connectivity index (χ4n) is 1.03. The van der Waals surface area contributed by atoms with Gasteiger partial charge in [0.15, 0.2) is 0 Å². The number of benzene rings is 1. The van der Waals surface area contributed by atoms with E-state index in [0.717, 1.165) is 11.8 Å². The minimum atomic E-state index is -1.26. The van der Waals surface area contributed by atoms with Crippen molar-refractivity contribution in [2.45, 2.75) is 26.1 Å². The normalized spacial score (nSPS) is 12.1. The van der Waals surface area contributed by atoms with Gasteiger partial charge in [0.05, 0.1) is 0 Å². The van der Waals surface area contributed by atoms with Crippen molar-refractivity contribution in [1.82, 2.24) is 0 Å². The average Bonchev–Trinajstić information content (AvgIpc) is 2.21. The Morgan fingerprint density at radius 1 is 1.43 bits per heavy atom. The first-order valence-electron chi connectivity index (χ1n) is 4.59. The van der Waals surface area contributed by atoms with Crippen molar-refractivity contribution in [3.8, 4) is 5.75 Å². The molecule has 0 saturated heterocycles. The molecule has 0 aliphatic heterocycles. The number of hydrogen-bond donors (Lipinski definition) is 0. The summed E-state index contributed by atoms with van der Waals surface area (Å²) in [6.45, 7) is 1.71. The van der Waals surface area contributed by atoms with E-state index in [-0.39, 0.29) is 0 Å². The molecule has 0 aliphatic rings. The summed E-state index contributed by atoms with van der Waals surface area (Å²) in [6, 6.07) is 6.85. The van der Waals surface area contributed by atoms with Crippen LogP contribution in [0.15, 0.2) is 24.3 Å². The van der Waals surface area contributed by atoms with Gasteiger partial charge in [0.25, 0.3) is 0 Å². The lowest BCUT2D eigenvalue weighted by Crippen LogP contribution is -2.07. The van der Waals surface area contributed by atoms with Crippen LogP contribution >= 0.6 is 0 Å². The molecule has 2 nitrogen and oxygen atoms in total. The molecule has 0 aliphatic carbocycles. The van der Waals surface area contributed by atoms with Gasteiger partial charge < -0.3 is 9.53 Å². The molecule has 1 rings (SSSR count). The number of ether oxygens (including phenoxy) is 1. The van der Waals surface area contributed by atoms with Crippen LogP contribution in [-0.2, 0) is 11.2 Å². The zero-order valence-corrected chi connectivity index (χ0v) is 8.07. The highest BCUT2D eigenvalue weighted by Crippen LogP contribution is 2.15. The second kappa shape index (κ2) is 5.37. The van der Waals surface area contributed by atoms with Crippen molar-refractivity contribution in [3.63, 3.8) is 0 Å². The molecule has 0 saturated carbocycles. The Labute approximate surface area is 82.7 Å². The minimum absolute atomic E-state index is 0.329. The highest BCUT2D eigenvalue weighted by atomic mass is 19.1. The molecule has 0 amide bonds. The molecule has 1 aromatic rings. The summed E-state index contributed by atoms with van der Waals surface area (Å²) in [5.41, 5.74) is 0.902. The number of aldehydes is 1. The standard InChI is InChI=1S/C11H13FO2/c1-2-11(12)14-10-5-3-9(4-6-10)7-8-13/h3-6,8,11H,2,7H2,1H3. The van der Waals surface area contributed by atoms with Gasteiger partial charge >= 0.3 is 0 Å². The molecule has 1 unspecified atom stereocenters. The summed E-state index contributed by atoms with van der Waals surface area (Å²) in [4.78, 5) is 10.2. The SMILES string of the molecule is CCC(F)Oc1ccc(CC=O)cc1. The van der Waals surface area contributed by atoms with E-state index in [1.807, 2.05) is 0 Å². The van der Waals surface area contributed by atoms with Crippen LogP contribution in [0.2, 0.25) is 0 Å².